The van der Waals surface area contributed by atoms with Crippen molar-refractivity contribution in [2.24, 2.45) is 4.99 Å². The van der Waals surface area contributed by atoms with E-state index in [0.29, 0.717) is 0 Å². The van der Waals surface area contributed by atoms with Crippen LogP contribution >= 0.6 is 23.2 Å². The third kappa shape index (κ3) is 3.84. The van der Waals surface area contributed by atoms with Crippen molar-refractivity contribution in [3.8, 4) is 0 Å². The number of alkyl halides is 3. The van der Waals surface area contributed by atoms with Crippen molar-refractivity contribution in [3.63, 3.8) is 0 Å². The third-order valence-electron chi connectivity index (χ3n) is 4.13. The fourth-order valence-electron chi connectivity index (χ4n) is 2.66. The van der Waals surface area contributed by atoms with Gasteiger partial charge in [0.15, 0.2) is 9.84 Å². The van der Waals surface area contributed by atoms with Crippen molar-refractivity contribution in [2.45, 2.75) is 16.8 Å². The second kappa shape index (κ2) is 6.91. The summed E-state index contributed by atoms with van der Waals surface area (Å²) in [5.41, 5.74) is -2.90. The van der Waals surface area contributed by atoms with E-state index >= 15 is 0 Å². The highest BCUT2D eigenvalue weighted by molar-refractivity contribution is 7.90. The molecule has 0 aliphatic carbocycles. The van der Waals surface area contributed by atoms with Gasteiger partial charge in [0.1, 0.15) is 5.84 Å². The Hall–Kier alpha value is -1.81. The first kappa shape index (κ1) is 20.9. The molecule has 0 saturated carbocycles. The molecule has 0 amide bonds. The van der Waals surface area contributed by atoms with Crippen LogP contribution in [-0.4, -0.2) is 44.1 Å². The van der Waals surface area contributed by atoms with Gasteiger partial charge in [0.25, 0.3) is 5.72 Å². The highest BCUT2D eigenvalue weighted by atomic mass is 35.5. The summed E-state index contributed by atoms with van der Waals surface area (Å²) in [6, 6.07) is 9.37. The van der Waals surface area contributed by atoms with Crippen LogP contribution in [0, 0.1) is 0 Å². The van der Waals surface area contributed by atoms with E-state index in [1.54, 1.807) is 0 Å². The van der Waals surface area contributed by atoms with Gasteiger partial charge in [-0.1, -0.05) is 23.2 Å². The van der Waals surface area contributed by atoms with E-state index in [1.807, 2.05) is 0 Å². The molecule has 28 heavy (non-hydrogen) atoms. The minimum Gasteiger partial charge on any atom is -0.361 e. The molecule has 1 aliphatic heterocycles. The number of amidine groups is 1. The van der Waals surface area contributed by atoms with Gasteiger partial charge in [0.05, 0.1) is 21.5 Å². The van der Waals surface area contributed by atoms with E-state index in [1.165, 1.54) is 42.5 Å². The van der Waals surface area contributed by atoms with E-state index in [9.17, 15) is 26.7 Å². The van der Waals surface area contributed by atoms with Crippen LogP contribution in [0.2, 0.25) is 10.0 Å². The largest absolute Gasteiger partial charge is 0.440 e. The van der Waals surface area contributed by atoms with Crippen LogP contribution in [0.5, 0.6) is 0 Å². The van der Waals surface area contributed by atoms with Gasteiger partial charge in [-0.2, -0.15) is 13.2 Å². The third-order valence-corrected chi connectivity index (χ3v) is 6.00. The molecule has 0 aromatic heterocycles. The van der Waals surface area contributed by atoms with Crippen LogP contribution in [0.25, 0.3) is 0 Å². The summed E-state index contributed by atoms with van der Waals surface area (Å²) >= 11 is 11.8. The van der Waals surface area contributed by atoms with Gasteiger partial charge in [-0.3, -0.25) is 0 Å². The van der Waals surface area contributed by atoms with Crippen LogP contribution in [0.3, 0.4) is 0 Å². The van der Waals surface area contributed by atoms with Crippen LogP contribution in [0.4, 0.5) is 18.9 Å². The van der Waals surface area contributed by atoms with Crippen molar-refractivity contribution < 1.29 is 26.7 Å². The van der Waals surface area contributed by atoms with Gasteiger partial charge in [0.2, 0.25) is 0 Å². The van der Waals surface area contributed by atoms with Crippen molar-refractivity contribution in [3.05, 3.63) is 58.1 Å². The number of aliphatic imine (C=N–C) groups is 1. The number of sulfone groups is 1. The fourth-order valence-corrected chi connectivity index (χ4v) is 3.59. The second-order valence-corrected chi connectivity index (χ2v) is 9.06. The second-order valence-electron chi connectivity index (χ2n) is 6.23. The zero-order chi connectivity index (χ0) is 20.9. The summed E-state index contributed by atoms with van der Waals surface area (Å²) in [5, 5.41) is 10.4. The summed E-state index contributed by atoms with van der Waals surface area (Å²) in [7, 11) is -3.48. The van der Waals surface area contributed by atoms with Gasteiger partial charge in [-0.25, -0.2) is 13.4 Å². The molecule has 0 saturated heterocycles. The normalized spacial score (nSPS) is 20.4. The summed E-state index contributed by atoms with van der Waals surface area (Å²) in [6.45, 7) is -0.899. The van der Waals surface area contributed by atoms with Crippen molar-refractivity contribution in [1.82, 2.24) is 0 Å². The first-order valence-corrected chi connectivity index (χ1v) is 10.4. The molecule has 2 aromatic carbocycles. The maximum absolute atomic E-state index is 13.4. The van der Waals surface area contributed by atoms with Crippen LogP contribution in [-0.2, 0) is 9.84 Å². The lowest BCUT2D eigenvalue weighted by molar-refractivity contribution is -0.249. The zero-order valence-electron chi connectivity index (χ0n) is 14.2. The topological polar surface area (TPSA) is 70.0 Å². The van der Waals surface area contributed by atoms with Crippen LogP contribution in [0.15, 0.2) is 52.4 Å². The Labute approximate surface area is 168 Å². The van der Waals surface area contributed by atoms with Gasteiger partial charge >= 0.3 is 6.18 Å². The number of hydrogen-bond acceptors (Lipinski definition) is 5. The predicted molar refractivity (Wildman–Crippen MR) is 101 cm³/mol. The monoisotopic (exact) mass is 452 g/mol. The minimum atomic E-state index is -5.02. The molecule has 0 fully saturated rings. The lowest BCUT2D eigenvalue weighted by Crippen LogP contribution is -2.47. The Morgan fingerprint density at radius 3 is 2.21 bits per heavy atom. The maximum atomic E-state index is 13.4. The Morgan fingerprint density at radius 2 is 1.71 bits per heavy atom. The molecular weight excluding hydrogens is 440 g/mol. The highest BCUT2D eigenvalue weighted by Crippen LogP contribution is 2.39. The van der Waals surface area contributed by atoms with E-state index in [0.717, 1.165) is 11.2 Å². The number of hydrogen-bond donors (Lipinski definition) is 1. The van der Waals surface area contributed by atoms with E-state index in [2.05, 4.69) is 4.99 Å². The summed E-state index contributed by atoms with van der Waals surface area (Å²) in [5.74, 6) is -0.175. The lowest BCUT2D eigenvalue weighted by Gasteiger charge is -2.25. The van der Waals surface area contributed by atoms with Gasteiger partial charge in [0, 0.05) is 17.5 Å². The van der Waals surface area contributed by atoms with E-state index in [4.69, 9.17) is 23.2 Å². The number of benzene rings is 2. The number of halogens is 5. The summed E-state index contributed by atoms with van der Waals surface area (Å²) in [6.07, 6.45) is -4.00. The van der Waals surface area contributed by atoms with Crippen LogP contribution in [0.1, 0.15) is 5.56 Å². The number of nitrogens with zero attached hydrogens (tertiary/aromatic N) is 2. The Bertz CT molecular complexity index is 1060. The van der Waals surface area contributed by atoms with Crippen molar-refractivity contribution in [1.29, 1.82) is 0 Å². The molecular formula is C17H13Cl2F3N2O3S. The molecule has 1 unspecified atom stereocenters. The Balaban J connectivity index is 2.10. The summed E-state index contributed by atoms with van der Waals surface area (Å²) in [4.78, 5) is 4.66. The van der Waals surface area contributed by atoms with Gasteiger partial charge in [-0.05, 0) is 42.5 Å². The lowest BCUT2D eigenvalue weighted by atomic mass is 10.1. The number of aliphatic hydroxyl groups is 1. The Morgan fingerprint density at radius 1 is 1.11 bits per heavy atom. The number of β-amino-alcohol motifs (C(OH)–C–C–N with tert-alkyl or cyclic N) is 1. The first-order valence-electron chi connectivity index (χ1n) is 7.74. The molecule has 1 aliphatic rings. The smallest absolute Gasteiger partial charge is 0.361 e. The van der Waals surface area contributed by atoms with Crippen LogP contribution < -0.4 is 4.90 Å². The molecule has 2 aromatic rings. The highest BCUT2D eigenvalue weighted by Gasteiger charge is 2.58. The molecule has 0 spiro atoms. The predicted octanol–water partition coefficient (Wildman–Crippen LogP) is 3.91. The Kier molecular flexibility index (Phi) is 5.16. The molecule has 5 nitrogen and oxygen atoms in total. The van der Waals surface area contributed by atoms with Gasteiger partial charge in [-0.15, -0.1) is 0 Å². The molecule has 0 bridgehead atoms. The van der Waals surface area contributed by atoms with E-state index < -0.39 is 28.3 Å². The maximum Gasteiger partial charge on any atom is 0.440 e. The quantitative estimate of drug-likeness (QED) is 0.765. The molecule has 1 heterocycles. The molecule has 3 rings (SSSR count). The fraction of sp³-hybridized carbons (Fsp3) is 0.235. The minimum absolute atomic E-state index is 0.00885. The zero-order valence-corrected chi connectivity index (χ0v) is 16.5. The molecule has 0 radical (unpaired) electrons. The first-order chi connectivity index (χ1) is 12.8. The average molecular weight is 453 g/mol. The molecule has 1 N–H and O–H groups in total. The average Bonchev–Trinajstić information content (AvgIpc) is 2.96. The van der Waals surface area contributed by atoms with Crippen molar-refractivity contribution >= 4 is 44.6 Å². The van der Waals surface area contributed by atoms with Crippen molar-refractivity contribution in [2.75, 3.05) is 17.7 Å². The van der Waals surface area contributed by atoms with E-state index in [-0.39, 0.29) is 32.0 Å². The number of anilines is 1. The molecule has 1 atom stereocenters. The molecule has 11 heteroatoms. The SMILES string of the molecule is CS(=O)(=O)c1ccc(N2CC(O)(C(F)(F)F)N=C2c2ccc(Cl)c(Cl)c2)cc1. The van der Waals surface area contributed by atoms with Gasteiger partial charge < -0.3 is 10.0 Å². The standard InChI is InChI=1S/C17H13Cl2F3N2O3S/c1-28(26,27)12-5-3-11(4-6-12)24-9-16(25,17(20,21)22)23-15(24)10-2-7-13(18)14(19)8-10/h2-8,25H,9H2,1H3. The molecule has 150 valence electrons. The summed E-state index contributed by atoms with van der Waals surface area (Å²) < 4.78 is 63.3. The number of rotatable bonds is 3.